The summed E-state index contributed by atoms with van der Waals surface area (Å²) in [6, 6.07) is 8.22. The molecule has 0 spiro atoms. The second-order valence-corrected chi connectivity index (χ2v) is 7.61. The molecule has 0 N–H and O–H groups in total. The van der Waals surface area contributed by atoms with Crippen molar-refractivity contribution in [3.8, 4) is 0 Å². The molecule has 116 valence electrons. The molecule has 5 nitrogen and oxygen atoms in total. The lowest BCUT2D eigenvalue weighted by atomic mass is 10.1. The zero-order valence-corrected chi connectivity index (χ0v) is 13.5. The number of rotatable bonds is 3. The summed E-state index contributed by atoms with van der Waals surface area (Å²) in [4.78, 5) is 14.1. The second-order valence-electron chi connectivity index (χ2n) is 5.72. The first-order chi connectivity index (χ1) is 9.84. The molecule has 2 rings (SSSR count). The van der Waals surface area contributed by atoms with Gasteiger partial charge in [0, 0.05) is 31.6 Å². The number of carbonyl (C=O) groups is 1. The molecule has 1 aliphatic heterocycles. The van der Waals surface area contributed by atoms with Gasteiger partial charge in [0.05, 0.1) is 4.90 Å². The largest absolute Gasteiger partial charge is 0.340 e. The number of carbonyl (C=O) groups excluding carboxylic acids is 1. The minimum atomic E-state index is -3.49. The number of sulfonamides is 1. The molecule has 0 aromatic heterocycles. The molecule has 1 aromatic rings. The molecule has 6 heteroatoms. The van der Waals surface area contributed by atoms with E-state index in [9.17, 15) is 13.2 Å². The summed E-state index contributed by atoms with van der Waals surface area (Å²) in [5.74, 6) is 0.0214. The van der Waals surface area contributed by atoms with Crippen molar-refractivity contribution in [2.75, 3.05) is 19.6 Å². The molecule has 1 aliphatic rings. The maximum atomic E-state index is 12.6. The summed E-state index contributed by atoms with van der Waals surface area (Å²) in [6.07, 6.45) is 0. The summed E-state index contributed by atoms with van der Waals surface area (Å²) < 4.78 is 26.8. The fraction of sp³-hybridized carbons (Fsp3) is 0.533. The van der Waals surface area contributed by atoms with Crippen molar-refractivity contribution in [1.82, 2.24) is 9.21 Å². The predicted octanol–water partition coefficient (Wildman–Crippen LogP) is 1.56. The van der Waals surface area contributed by atoms with Gasteiger partial charge in [-0.05, 0) is 19.1 Å². The van der Waals surface area contributed by atoms with Gasteiger partial charge in [-0.25, -0.2) is 8.42 Å². The molecular weight excluding hydrogens is 288 g/mol. The Labute approximate surface area is 126 Å². The Morgan fingerprint density at radius 1 is 1.19 bits per heavy atom. The number of hydrogen-bond acceptors (Lipinski definition) is 3. The fourth-order valence-corrected chi connectivity index (χ4v) is 4.23. The van der Waals surface area contributed by atoms with E-state index in [1.165, 1.54) is 4.31 Å². The Balaban J connectivity index is 2.16. The molecule has 1 aromatic carbocycles. The third-order valence-electron chi connectivity index (χ3n) is 3.72. The molecule has 0 radical (unpaired) electrons. The predicted molar refractivity (Wildman–Crippen MR) is 81.2 cm³/mol. The van der Waals surface area contributed by atoms with Gasteiger partial charge in [-0.1, -0.05) is 32.0 Å². The zero-order chi connectivity index (χ0) is 15.6. The molecule has 1 fully saturated rings. The molecule has 1 atom stereocenters. The van der Waals surface area contributed by atoms with Crippen molar-refractivity contribution in [1.29, 1.82) is 0 Å². The zero-order valence-electron chi connectivity index (χ0n) is 12.7. The summed E-state index contributed by atoms with van der Waals surface area (Å²) in [5, 5.41) is 0. The first kappa shape index (κ1) is 16.0. The normalized spacial score (nSPS) is 20.8. The lowest BCUT2D eigenvalue weighted by Gasteiger charge is -2.39. The molecule has 1 heterocycles. The van der Waals surface area contributed by atoms with Crippen LogP contribution in [-0.2, 0) is 14.8 Å². The number of hydrogen-bond donors (Lipinski definition) is 0. The average molecular weight is 310 g/mol. The van der Waals surface area contributed by atoms with Gasteiger partial charge in [0.2, 0.25) is 15.9 Å². The molecule has 0 bridgehead atoms. The van der Waals surface area contributed by atoms with Gasteiger partial charge in [-0.2, -0.15) is 4.31 Å². The average Bonchev–Trinajstić information content (AvgIpc) is 2.46. The van der Waals surface area contributed by atoms with Crippen LogP contribution in [0.3, 0.4) is 0 Å². The topological polar surface area (TPSA) is 57.7 Å². The summed E-state index contributed by atoms with van der Waals surface area (Å²) in [5.41, 5.74) is 0. The van der Waals surface area contributed by atoms with Crippen LogP contribution in [0.4, 0.5) is 0 Å². The lowest BCUT2D eigenvalue weighted by molar-refractivity contribution is -0.136. The van der Waals surface area contributed by atoms with Crippen molar-refractivity contribution in [3.05, 3.63) is 30.3 Å². The van der Waals surface area contributed by atoms with Crippen LogP contribution in [0.5, 0.6) is 0 Å². The molecule has 1 unspecified atom stereocenters. The standard InChI is InChI=1S/C15H22N2O3S/c1-12(2)15(18)16-9-10-17(13(3)11-16)21(19,20)14-7-5-4-6-8-14/h4-8,12-13H,9-11H2,1-3H3. The number of benzene rings is 1. The van der Waals surface area contributed by atoms with E-state index in [0.717, 1.165) is 0 Å². The molecule has 0 aliphatic carbocycles. The summed E-state index contributed by atoms with van der Waals surface area (Å²) in [6.45, 7) is 6.81. The molecule has 21 heavy (non-hydrogen) atoms. The highest BCUT2D eigenvalue weighted by Crippen LogP contribution is 2.21. The first-order valence-electron chi connectivity index (χ1n) is 7.19. The van der Waals surface area contributed by atoms with Crippen molar-refractivity contribution < 1.29 is 13.2 Å². The quantitative estimate of drug-likeness (QED) is 0.851. The SMILES string of the molecule is CC(C)C(=O)N1CCN(S(=O)(=O)c2ccccc2)C(C)C1. The van der Waals surface area contributed by atoms with Crippen molar-refractivity contribution in [2.24, 2.45) is 5.92 Å². The van der Waals surface area contributed by atoms with Gasteiger partial charge in [-0.15, -0.1) is 0 Å². The molecular formula is C15H22N2O3S. The van der Waals surface area contributed by atoms with E-state index in [1.807, 2.05) is 20.8 Å². The second kappa shape index (κ2) is 6.15. The Bertz CT molecular complexity index is 599. The van der Waals surface area contributed by atoms with Crippen LogP contribution < -0.4 is 0 Å². The van der Waals surface area contributed by atoms with Crippen LogP contribution in [0.25, 0.3) is 0 Å². The third kappa shape index (κ3) is 3.27. The van der Waals surface area contributed by atoms with Gasteiger partial charge >= 0.3 is 0 Å². The van der Waals surface area contributed by atoms with Gasteiger partial charge in [-0.3, -0.25) is 4.79 Å². The van der Waals surface area contributed by atoms with Crippen LogP contribution in [0.2, 0.25) is 0 Å². The van der Waals surface area contributed by atoms with E-state index in [2.05, 4.69) is 0 Å². The third-order valence-corrected chi connectivity index (χ3v) is 5.75. The highest BCUT2D eigenvalue weighted by atomic mass is 32.2. The Kier molecular flexibility index (Phi) is 4.68. The van der Waals surface area contributed by atoms with Crippen LogP contribution in [0, 0.1) is 5.92 Å². The molecule has 1 amide bonds. The van der Waals surface area contributed by atoms with Gasteiger partial charge in [0.1, 0.15) is 0 Å². The van der Waals surface area contributed by atoms with Crippen LogP contribution in [0.1, 0.15) is 20.8 Å². The monoisotopic (exact) mass is 310 g/mol. The maximum Gasteiger partial charge on any atom is 0.243 e. The Morgan fingerprint density at radius 3 is 2.33 bits per heavy atom. The number of nitrogens with zero attached hydrogens (tertiary/aromatic N) is 2. The molecule has 0 saturated carbocycles. The van der Waals surface area contributed by atoms with Crippen LogP contribution in [0.15, 0.2) is 35.2 Å². The molecule has 1 saturated heterocycles. The van der Waals surface area contributed by atoms with Crippen molar-refractivity contribution in [2.45, 2.75) is 31.7 Å². The smallest absolute Gasteiger partial charge is 0.243 e. The Hall–Kier alpha value is -1.40. The summed E-state index contributed by atoms with van der Waals surface area (Å²) >= 11 is 0. The van der Waals surface area contributed by atoms with Gasteiger partial charge in [0.25, 0.3) is 0 Å². The fourth-order valence-electron chi connectivity index (χ4n) is 2.59. The van der Waals surface area contributed by atoms with Gasteiger partial charge in [0.15, 0.2) is 0 Å². The van der Waals surface area contributed by atoms with Crippen molar-refractivity contribution >= 4 is 15.9 Å². The maximum absolute atomic E-state index is 12.6. The van der Waals surface area contributed by atoms with E-state index in [1.54, 1.807) is 35.2 Å². The number of piperazine rings is 1. The number of amides is 1. The highest BCUT2D eigenvalue weighted by Gasteiger charge is 2.35. The van der Waals surface area contributed by atoms with Crippen LogP contribution >= 0.6 is 0 Å². The van der Waals surface area contributed by atoms with Crippen LogP contribution in [-0.4, -0.2) is 49.2 Å². The van der Waals surface area contributed by atoms with E-state index in [0.29, 0.717) is 24.5 Å². The van der Waals surface area contributed by atoms with E-state index in [-0.39, 0.29) is 17.9 Å². The van der Waals surface area contributed by atoms with Crippen molar-refractivity contribution in [3.63, 3.8) is 0 Å². The van der Waals surface area contributed by atoms with Gasteiger partial charge < -0.3 is 4.90 Å². The summed E-state index contributed by atoms with van der Waals surface area (Å²) in [7, 11) is -3.49. The minimum absolute atomic E-state index is 0.0607. The van der Waals surface area contributed by atoms with E-state index in [4.69, 9.17) is 0 Å². The van der Waals surface area contributed by atoms with E-state index < -0.39 is 10.0 Å². The lowest BCUT2D eigenvalue weighted by Crippen LogP contribution is -2.55. The Morgan fingerprint density at radius 2 is 1.81 bits per heavy atom. The first-order valence-corrected chi connectivity index (χ1v) is 8.63. The van der Waals surface area contributed by atoms with E-state index >= 15 is 0 Å². The highest BCUT2D eigenvalue weighted by molar-refractivity contribution is 7.89. The minimum Gasteiger partial charge on any atom is -0.340 e.